The Labute approximate surface area is 243 Å². The topological polar surface area (TPSA) is 139 Å². The van der Waals surface area contributed by atoms with Crippen molar-refractivity contribution < 1.29 is 28.3 Å². The van der Waals surface area contributed by atoms with Crippen molar-refractivity contribution in [2.75, 3.05) is 46.4 Å². The summed E-state index contributed by atoms with van der Waals surface area (Å²) >= 11 is 1.29. The number of thiazole rings is 1. The van der Waals surface area contributed by atoms with Gasteiger partial charge in [-0.2, -0.15) is 0 Å². The van der Waals surface area contributed by atoms with Crippen LogP contribution in [0.4, 0.5) is 0 Å². The minimum Gasteiger partial charge on any atom is -0.447 e. The summed E-state index contributed by atoms with van der Waals surface area (Å²) in [6, 6.07) is -0.863. The third-order valence-corrected chi connectivity index (χ3v) is 10.2. The number of amides is 3. The van der Waals surface area contributed by atoms with Crippen molar-refractivity contribution in [3.63, 3.8) is 0 Å². The summed E-state index contributed by atoms with van der Waals surface area (Å²) in [5.41, 5.74) is 1.18. The third kappa shape index (κ3) is 5.64. The summed E-state index contributed by atoms with van der Waals surface area (Å²) in [7, 11) is 1.56. The van der Waals surface area contributed by atoms with E-state index in [1.54, 1.807) is 29.9 Å². The molecule has 2 aromatic rings. The highest BCUT2D eigenvalue weighted by Crippen LogP contribution is 2.46. The summed E-state index contributed by atoms with van der Waals surface area (Å²) in [6.07, 6.45) is 8.68. The molecule has 5 fully saturated rings. The molecule has 13 heteroatoms. The molecule has 0 radical (unpaired) electrons. The van der Waals surface area contributed by atoms with E-state index in [0.717, 1.165) is 31.4 Å². The Hall–Kier alpha value is -2.87. The molecule has 1 spiro atoms. The van der Waals surface area contributed by atoms with Crippen molar-refractivity contribution in [1.82, 2.24) is 30.4 Å². The molecule has 12 nitrogen and oxygen atoms in total. The number of nitrogens with zero attached hydrogens (tertiary/aromatic N) is 4. The number of likely N-dealkylation sites (N-methyl/N-ethyl adjacent to an activating group) is 1. The lowest BCUT2D eigenvalue weighted by molar-refractivity contribution is -0.156. The van der Waals surface area contributed by atoms with Crippen LogP contribution in [0.15, 0.2) is 28.7 Å². The molecule has 2 N–H and O–H groups in total. The summed E-state index contributed by atoms with van der Waals surface area (Å²) < 4.78 is 17.6. The van der Waals surface area contributed by atoms with E-state index in [-0.39, 0.29) is 29.7 Å². The van der Waals surface area contributed by atoms with Crippen molar-refractivity contribution >= 4 is 29.1 Å². The number of carbonyl (C=O) groups excluding carboxylic acids is 3. The normalized spacial score (nSPS) is 28.3. The van der Waals surface area contributed by atoms with Gasteiger partial charge < -0.3 is 29.4 Å². The molecule has 4 saturated heterocycles. The minimum absolute atomic E-state index is 0.0216. The molecule has 2 aromatic heterocycles. The predicted octanol–water partition coefficient (Wildman–Crippen LogP) is 1.30. The number of ether oxygens (including phenoxy) is 2. The van der Waals surface area contributed by atoms with Crippen LogP contribution in [-0.4, -0.2) is 102 Å². The third-order valence-electron chi connectivity index (χ3n) is 9.40. The van der Waals surface area contributed by atoms with Crippen LogP contribution in [0.25, 0.3) is 0 Å². The molecule has 0 aromatic carbocycles. The molecule has 3 atom stereocenters. The first-order valence-electron chi connectivity index (χ1n) is 14.3. The summed E-state index contributed by atoms with van der Waals surface area (Å²) in [5.74, 6) is -0.410. The molecule has 1 aliphatic carbocycles. The fraction of sp³-hybridized carbons (Fsp3) is 0.679. The lowest BCUT2D eigenvalue weighted by Gasteiger charge is -2.50. The van der Waals surface area contributed by atoms with Crippen molar-refractivity contribution in [1.29, 1.82) is 0 Å². The molecule has 6 heterocycles. The van der Waals surface area contributed by atoms with E-state index >= 15 is 0 Å². The Morgan fingerprint density at radius 3 is 2.63 bits per heavy atom. The smallest absolute Gasteiger partial charge is 0.265 e. The molecule has 5 aliphatic rings. The fourth-order valence-corrected chi connectivity index (χ4v) is 7.57. The van der Waals surface area contributed by atoms with Gasteiger partial charge in [0.05, 0.1) is 55.8 Å². The van der Waals surface area contributed by atoms with Crippen molar-refractivity contribution in [2.24, 2.45) is 16.7 Å². The number of rotatable bonds is 10. The summed E-state index contributed by atoms with van der Waals surface area (Å²) in [6.45, 7) is 5.56. The molecule has 7 rings (SSSR count). The Balaban J connectivity index is 1.15. The SMILES string of the molecule is CNC(=O)[C@@H](NC(=O)[C@@H]1CN(C(=O)c2cncs2)CC12CN(Cc1cnco1)C2)[C@@H](C)OCC12CCC(CC1)OC2. The largest absolute Gasteiger partial charge is 0.447 e. The Kier molecular flexibility index (Phi) is 7.88. The van der Waals surface area contributed by atoms with Crippen LogP contribution in [0.5, 0.6) is 0 Å². The first-order valence-corrected chi connectivity index (χ1v) is 15.2. The monoisotopic (exact) mass is 586 g/mol. The highest BCUT2D eigenvalue weighted by Gasteiger charge is 2.58. The molecule has 41 heavy (non-hydrogen) atoms. The first-order chi connectivity index (χ1) is 19.8. The molecule has 0 unspecified atom stereocenters. The summed E-state index contributed by atoms with van der Waals surface area (Å²) in [5, 5.41) is 5.70. The van der Waals surface area contributed by atoms with E-state index in [4.69, 9.17) is 13.9 Å². The zero-order chi connectivity index (χ0) is 28.6. The maximum atomic E-state index is 13.9. The molecular weight excluding hydrogens is 548 g/mol. The number of nitrogens with one attached hydrogen (secondary N) is 2. The Morgan fingerprint density at radius 2 is 2.00 bits per heavy atom. The number of oxazole rings is 1. The quantitative estimate of drug-likeness (QED) is 0.422. The van der Waals surface area contributed by atoms with Crippen LogP contribution < -0.4 is 10.6 Å². The van der Waals surface area contributed by atoms with Gasteiger partial charge in [0.2, 0.25) is 11.8 Å². The Bertz CT molecular complexity index is 1210. The Morgan fingerprint density at radius 1 is 1.20 bits per heavy atom. The van der Waals surface area contributed by atoms with Crippen molar-refractivity contribution in [3.05, 3.63) is 34.9 Å². The molecule has 3 amide bonds. The zero-order valence-corrected chi connectivity index (χ0v) is 24.4. The van der Waals surface area contributed by atoms with E-state index in [0.29, 0.717) is 50.4 Å². The molecule has 4 aliphatic heterocycles. The van der Waals surface area contributed by atoms with E-state index < -0.39 is 23.5 Å². The zero-order valence-electron chi connectivity index (χ0n) is 23.5. The van der Waals surface area contributed by atoms with Gasteiger partial charge in [-0.05, 0) is 32.6 Å². The van der Waals surface area contributed by atoms with Gasteiger partial charge in [0.15, 0.2) is 6.39 Å². The van der Waals surface area contributed by atoms with Gasteiger partial charge in [-0.15, -0.1) is 11.3 Å². The van der Waals surface area contributed by atoms with Crippen LogP contribution >= 0.6 is 11.3 Å². The number of carbonyl (C=O) groups is 3. The van der Waals surface area contributed by atoms with Crippen LogP contribution in [0.2, 0.25) is 0 Å². The van der Waals surface area contributed by atoms with E-state index in [2.05, 4.69) is 25.5 Å². The lowest BCUT2D eigenvalue weighted by atomic mass is 9.71. The van der Waals surface area contributed by atoms with Gasteiger partial charge in [-0.1, -0.05) is 0 Å². The van der Waals surface area contributed by atoms with Gasteiger partial charge in [0.1, 0.15) is 16.7 Å². The predicted molar refractivity (Wildman–Crippen MR) is 148 cm³/mol. The van der Waals surface area contributed by atoms with Gasteiger partial charge in [-0.25, -0.2) is 4.98 Å². The van der Waals surface area contributed by atoms with Crippen LogP contribution in [0.1, 0.15) is 48.0 Å². The second-order valence-electron chi connectivity index (χ2n) is 12.2. The van der Waals surface area contributed by atoms with E-state index in [9.17, 15) is 14.4 Å². The van der Waals surface area contributed by atoms with Crippen molar-refractivity contribution in [2.45, 2.75) is 57.4 Å². The number of aromatic nitrogens is 2. The second kappa shape index (κ2) is 11.4. The summed E-state index contributed by atoms with van der Waals surface area (Å²) in [4.78, 5) is 52.7. The molecule has 1 saturated carbocycles. The van der Waals surface area contributed by atoms with Gasteiger partial charge in [0, 0.05) is 44.1 Å². The van der Waals surface area contributed by atoms with Crippen LogP contribution in [0, 0.1) is 16.7 Å². The van der Waals surface area contributed by atoms with Gasteiger partial charge >= 0.3 is 0 Å². The highest BCUT2D eigenvalue weighted by atomic mass is 32.1. The van der Waals surface area contributed by atoms with Crippen LogP contribution in [0.3, 0.4) is 0 Å². The lowest BCUT2D eigenvalue weighted by Crippen LogP contribution is -2.63. The second-order valence-corrected chi connectivity index (χ2v) is 13.1. The maximum Gasteiger partial charge on any atom is 0.265 e. The fourth-order valence-electron chi connectivity index (χ4n) is 6.98. The minimum atomic E-state index is -0.863. The standard InChI is InChI=1S/C28H38N6O6S/c1-18(38-14-27-5-3-19(4-6-27)39-15-27)23(25(36)29-2)32-24(35)21-10-34(26(37)22-8-31-17-41-22)13-28(21)11-33(12-28)9-20-7-30-16-40-20/h7-8,16-19,21,23H,3-6,9-15H2,1-2H3,(H,29,36)(H,32,35)/t18-,19?,21+,23+,27?/m1/s1. The van der Waals surface area contributed by atoms with E-state index in [1.807, 2.05) is 6.92 Å². The van der Waals surface area contributed by atoms with Gasteiger partial charge in [0.25, 0.3) is 5.91 Å². The number of hydrogen-bond acceptors (Lipinski definition) is 10. The van der Waals surface area contributed by atoms with Crippen molar-refractivity contribution in [3.8, 4) is 0 Å². The average molecular weight is 587 g/mol. The van der Waals surface area contributed by atoms with Crippen LogP contribution in [-0.2, 0) is 25.6 Å². The first kappa shape index (κ1) is 28.3. The molecule has 2 bridgehead atoms. The number of fused-ring (bicyclic) bond motifs is 3. The number of likely N-dealkylation sites (tertiary alicyclic amines) is 2. The molecule has 222 valence electrons. The van der Waals surface area contributed by atoms with E-state index in [1.165, 1.54) is 17.7 Å². The number of hydrogen-bond donors (Lipinski definition) is 2. The maximum absolute atomic E-state index is 13.9. The van der Waals surface area contributed by atoms with Gasteiger partial charge in [-0.3, -0.25) is 24.3 Å². The molecular formula is C28H38N6O6S. The average Bonchev–Trinajstić information content (AvgIpc) is 3.76. The highest BCUT2D eigenvalue weighted by molar-refractivity contribution is 7.11.